The van der Waals surface area contributed by atoms with Gasteiger partial charge >= 0.3 is 0 Å². The third kappa shape index (κ3) is 4.97. The van der Waals surface area contributed by atoms with Crippen LogP contribution < -0.4 is 10.1 Å². The number of nitrogens with zero attached hydrogens (tertiary/aromatic N) is 2. The maximum atomic E-state index is 13.0. The summed E-state index contributed by atoms with van der Waals surface area (Å²) in [6.45, 7) is 4.63. The summed E-state index contributed by atoms with van der Waals surface area (Å²) in [4.78, 5) is 12.7. The van der Waals surface area contributed by atoms with E-state index in [2.05, 4.69) is 5.32 Å². The quantitative estimate of drug-likeness (QED) is 0.755. The Morgan fingerprint density at radius 2 is 1.87 bits per heavy atom. The number of anilines is 1. The van der Waals surface area contributed by atoms with Gasteiger partial charge in [0.2, 0.25) is 10.0 Å². The van der Waals surface area contributed by atoms with Gasteiger partial charge in [-0.15, -0.1) is 0 Å². The van der Waals surface area contributed by atoms with Crippen molar-refractivity contribution in [2.24, 2.45) is 0 Å². The van der Waals surface area contributed by atoms with Crippen LogP contribution in [0, 0.1) is 18.3 Å². The van der Waals surface area contributed by atoms with Gasteiger partial charge in [0.1, 0.15) is 5.75 Å². The van der Waals surface area contributed by atoms with E-state index in [1.807, 2.05) is 6.07 Å². The highest BCUT2D eigenvalue weighted by atomic mass is 32.2. The third-order valence-corrected chi connectivity index (χ3v) is 6.75. The number of carbonyl (C=O) groups excluding carboxylic acids is 1. The highest BCUT2D eigenvalue weighted by Gasteiger charge is 2.28. The molecular weight excluding hydrogens is 406 g/mol. The Hall–Kier alpha value is -2.93. The largest absolute Gasteiger partial charge is 0.481 e. The summed E-state index contributed by atoms with van der Waals surface area (Å²) < 4.78 is 38.2. The second-order valence-corrected chi connectivity index (χ2v) is 8.79. The highest BCUT2D eigenvalue weighted by Crippen LogP contribution is 2.24. The van der Waals surface area contributed by atoms with E-state index in [9.17, 15) is 13.2 Å². The number of aryl methyl sites for hydroxylation is 1. The number of rotatable bonds is 6. The number of ether oxygens (including phenoxy) is 2. The molecule has 1 unspecified atom stereocenters. The number of hydrogen-bond acceptors (Lipinski definition) is 6. The minimum atomic E-state index is -3.68. The van der Waals surface area contributed by atoms with Gasteiger partial charge in [-0.1, -0.05) is 6.07 Å². The highest BCUT2D eigenvalue weighted by molar-refractivity contribution is 7.89. The summed E-state index contributed by atoms with van der Waals surface area (Å²) >= 11 is 0. The van der Waals surface area contributed by atoms with Crippen LogP contribution in [-0.2, 0) is 19.6 Å². The molecule has 2 aromatic carbocycles. The molecule has 1 atom stereocenters. The summed E-state index contributed by atoms with van der Waals surface area (Å²) in [5.41, 5.74) is 1.46. The molecular formula is C21H23N3O5S. The fourth-order valence-corrected chi connectivity index (χ4v) is 4.65. The molecule has 1 N–H and O–H groups in total. The lowest BCUT2D eigenvalue weighted by Gasteiger charge is -2.27. The molecule has 1 aliphatic rings. The molecule has 1 fully saturated rings. The molecule has 3 rings (SSSR count). The monoisotopic (exact) mass is 429 g/mol. The van der Waals surface area contributed by atoms with E-state index < -0.39 is 22.0 Å². The molecule has 0 bridgehead atoms. The van der Waals surface area contributed by atoms with E-state index in [1.54, 1.807) is 50.2 Å². The number of hydrogen-bond donors (Lipinski definition) is 1. The molecule has 1 amide bonds. The van der Waals surface area contributed by atoms with Gasteiger partial charge in [0, 0.05) is 18.8 Å². The smallest absolute Gasteiger partial charge is 0.265 e. The third-order valence-electron chi connectivity index (χ3n) is 4.71. The average Bonchev–Trinajstić information content (AvgIpc) is 2.76. The first-order valence-electron chi connectivity index (χ1n) is 9.47. The molecule has 0 saturated carbocycles. The number of benzene rings is 2. The Morgan fingerprint density at radius 3 is 2.50 bits per heavy atom. The Bertz CT molecular complexity index is 1060. The molecule has 8 nitrogen and oxygen atoms in total. The lowest BCUT2D eigenvalue weighted by molar-refractivity contribution is -0.122. The molecule has 1 heterocycles. The molecule has 30 heavy (non-hydrogen) atoms. The molecule has 9 heteroatoms. The summed E-state index contributed by atoms with van der Waals surface area (Å²) in [6.07, 6.45) is -0.821. The molecule has 0 aromatic heterocycles. The maximum absolute atomic E-state index is 13.0. The molecule has 0 radical (unpaired) electrons. The van der Waals surface area contributed by atoms with Crippen LogP contribution in [0.4, 0.5) is 5.69 Å². The Balaban J connectivity index is 1.72. The van der Waals surface area contributed by atoms with Gasteiger partial charge in [-0.3, -0.25) is 4.79 Å². The maximum Gasteiger partial charge on any atom is 0.265 e. The van der Waals surface area contributed by atoms with Crippen molar-refractivity contribution in [1.29, 1.82) is 5.26 Å². The van der Waals surface area contributed by atoms with E-state index in [0.29, 0.717) is 48.9 Å². The number of carbonyl (C=O) groups is 1. The second-order valence-electron chi connectivity index (χ2n) is 6.88. The van der Waals surface area contributed by atoms with E-state index >= 15 is 0 Å². The Morgan fingerprint density at radius 1 is 1.20 bits per heavy atom. The van der Waals surface area contributed by atoms with Crippen molar-refractivity contribution < 1.29 is 22.7 Å². The lowest BCUT2D eigenvalue weighted by atomic mass is 10.2. The van der Waals surface area contributed by atoms with Gasteiger partial charge < -0.3 is 14.8 Å². The minimum Gasteiger partial charge on any atom is -0.481 e. The zero-order valence-corrected chi connectivity index (χ0v) is 17.6. The minimum absolute atomic E-state index is 0.155. The second kappa shape index (κ2) is 9.26. The molecule has 158 valence electrons. The van der Waals surface area contributed by atoms with Gasteiger partial charge in [-0.05, 0) is 55.8 Å². The summed E-state index contributed by atoms with van der Waals surface area (Å²) in [6, 6.07) is 13.2. The molecule has 0 aliphatic carbocycles. The fraction of sp³-hybridized carbons (Fsp3) is 0.333. The summed E-state index contributed by atoms with van der Waals surface area (Å²) in [5.74, 6) is 0.0362. The van der Waals surface area contributed by atoms with Crippen LogP contribution in [0.5, 0.6) is 5.75 Å². The lowest BCUT2D eigenvalue weighted by Crippen LogP contribution is -2.40. The Labute approximate surface area is 176 Å². The van der Waals surface area contributed by atoms with Crippen LogP contribution in [0.2, 0.25) is 0 Å². The van der Waals surface area contributed by atoms with Crippen molar-refractivity contribution >= 4 is 21.6 Å². The first-order valence-corrected chi connectivity index (χ1v) is 10.9. The molecule has 1 saturated heterocycles. The molecule has 2 aromatic rings. The van der Waals surface area contributed by atoms with Gasteiger partial charge in [0.05, 0.1) is 29.7 Å². The summed E-state index contributed by atoms with van der Waals surface area (Å²) in [7, 11) is -3.68. The number of amides is 1. The topological polar surface area (TPSA) is 109 Å². The van der Waals surface area contributed by atoms with Gasteiger partial charge in [0.25, 0.3) is 5.91 Å². The van der Waals surface area contributed by atoms with Crippen LogP contribution in [0.25, 0.3) is 0 Å². The van der Waals surface area contributed by atoms with Crippen LogP contribution in [0.1, 0.15) is 18.1 Å². The van der Waals surface area contributed by atoms with Crippen LogP contribution in [0.3, 0.4) is 0 Å². The Kier molecular flexibility index (Phi) is 6.72. The number of morpholine rings is 1. The van der Waals surface area contributed by atoms with E-state index in [0.717, 1.165) is 0 Å². The molecule has 1 aliphatic heterocycles. The van der Waals surface area contributed by atoms with Crippen molar-refractivity contribution in [3.63, 3.8) is 0 Å². The number of nitrogens with one attached hydrogen (secondary N) is 1. The van der Waals surface area contributed by atoms with Gasteiger partial charge in [-0.2, -0.15) is 9.57 Å². The van der Waals surface area contributed by atoms with E-state index in [4.69, 9.17) is 14.7 Å². The standard InChI is InChI=1S/C21H23N3O5S/c1-15-3-6-18(13-20(15)30(26,27)24-9-11-28-12-10-24)23-21(25)16(2)29-19-7-4-17(14-22)5-8-19/h3-8,13,16H,9-12H2,1-2H3,(H,23,25). The van der Waals surface area contributed by atoms with Crippen LogP contribution in [-0.4, -0.2) is 51.0 Å². The van der Waals surface area contributed by atoms with Crippen molar-refractivity contribution in [2.45, 2.75) is 24.8 Å². The SMILES string of the molecule is Cc1ccc(NC(=O)C(C)Oc2ccc(C#N)cc2)cc1S(=O)(=O)N1CCOCC1. The predicted molar refractivity (Wildman–Crippen MR) is 111 cm³/mol. The van der Waals surface area contributed by atoms with Crippen LogP contribution >= 0.6 is 0 Å². The van der Waals surface area contributed by atoms with Crippen molar-refractivity contribution in [3.8, 4) is 11.8 Å². The van der Waals surface area contributed by atoms with Crippen molar-refractivity contribution in [3.05, 3.63) is 53.6 Å². The number of nitriles is 1. The first kappa shape index (κ1) is 21.8. The fourth-order valence-electron chi connectivity index (χ4n) is 2.99. The van der Waals surface area contributed by atoms with Crippen molar-refractivity contribution in [1.82, 2.24) is 4.31 Å². The first-order chi connectivity index (χ1) is 14.3. The van der Waals surface area contributed by atoms with Crippen molar-refractivity contribution in [2.75, 3.05) is 31.6 Å². The molecule has 0 spiro atoms. The number of sulfonamides is 1. The normalized spacial score (nSPS) is 15.8. The van der Waals surface area contributed by atoms with Gasteiger partial charge in [-0.25, -0.2) is 8.42 Å². The van der Waals surface area contributed by atoms with Crippen LogP contribution in [0.15, 0.2) is 47.4 Å². The van der Waals surface area contributed by atoms with E-state index in [1.165, 1.54) is 10.4 Å². The zero-order chi connectivity index (χ0) is 21.7. The van der Waals surface area contributed by atoms with Gasteiger partial charge in [0.15, 0.2) is 6.10 Å². The zero-order valence-electron chi connectivity index (χ0n) is 16.8. The average molecular weight is 429 g/mol. The predicted octanol–water partition coefficient (Wildman–Crippen LogP) is 2.29. The summed E-state index contributed by atoms with van der Waals surface area (Å²) in [5, 5.41) is 11.5. The van der Waals surface area contributed by atoms with E-state index in [-0.39, 0.29) is 4.90 Å².